The van der Waals surface area contributed by atoms with Crippen LogP contribution in [0.1, 0.15) is 18.4 Å². The fourth-order valence-corrected chi connectivity index (χ4v) is 3.12. The first-order chi connectivity index (χ1) is 11.0. The van der Waals surface area contributed by atoms with Crippen LogP contribution in [0.15, 0.2) is 42.5 Å². The summed E-state index contributed by atoms with van der Waals surface area (Å²) < 4.78 is 0. The van der Waals surface area contributed by atoms with Gasteiger partial charge in [-0.2, -0.15) is 0 Å². The van der Waals surface area contributed by atoms with Crippen LogP contribution in [0, 0.1) is 5.92 Å². The molecule has 0 N–H and O–H groups in total. The molecule has 23 heavy (non-hydrogen) atoms. The fourth-order valence-electron chi connectivity index (χ4n) is 2.49. The number of halogens is 3. The first-order valence-electron chi connectivity index (χ1n) is 7.55. The Hall–Kier alpha value is -1.22. The third-order valence-electron chi connectivity index (χ3n) is 3.95. The summed E-state index contributed by atoms with van der Waals surface area (Å²) in [5, 5.41) is 1.91. The van der Waals surface area contributed by atoms with Crippen LogP contribution in [-0.4, -0.2) is 12.5 Å². The van der Waals surface area contributed by atoms with Gasteiger partial charge in [0.15, 0.2) is 0 Å². The molecule has 0 heterocycles. The third-order valence-corrected chi connectivity index (χ3v) is 4.79. The molecule has 0 atom stereocenters. The number of hydrogen-bond acceptors (Lipinski definition) is 1. The van der Waals surface area contributed by atoms with Gasteiger partial charge < -0.3 is 4.90 Å². The number of carbonyl (C=O) groups excluding carboxylic acids is 1. The number of amides is 1. The third kappa shape index (κ3) is 4.20. The smallest absolute Gasteiger partial charge is 0.230 e. The maximum absolute atomic E-state index is 12.6. The average molecular weight is 369 g/mol. The van der Waals surface area contributed by atoms with Crippen LogP contribution >= 0.6 is 34.8 Å². The standard InChI is InChI=1S/C18H16Cl3NO/c19-14-5-7-16(8-6-14)22(18(23)13-1-2-13)10-9-12-3-4-15(20)11-17(12)21/h3-8,11,13H,1-2,9-10H2. The van der Waals surface area contributed by atoms with E-state index >= 15 is 0 Å². The summed E-state index contributed by atoms with van der Waals surface area (Å²) in [6.07, 6.45) is 2.63. The zero-order valence-corrected chi connectivity index (χ0v) is 14.7. The second kappa shape index (κ2) is 7.12. The van der Waals surface area contributed by atoms with Gasteiger partial charge in [-0.05, 0) is 61.2 Å². The topological polar surface area (TPSA) is 20.3 Å². The van der Waals surface area contributed by atoms with E-state index in [1.165, 1.54) is 0 Å². The van der Waals surface area contributed by atoms with Crippen LogP contribution in [0.5, 0.6) is 0 Å². The Morgan fingerprint density at radius 1 is 1.00 bits per heavy atom. The van der Waals surface area contributed by atoms with E-state index in [1.807, 2.05) is 29.2 Å². The summed E-state index contributed by atoms with van der Waals surface area (Å²) in [4.78, 5) is 14.4. The molecule has 2 aromatic carbocycles. The van der Waals surface area contributed by atoms with Gasteiger partial charge in [-0.1, -0.05) is 40.9 Å². The summed E-state index contributed by atoms with van der Waals surface area (Å²) in [7, 11) is 0. The Morgan fingerprint density at radius 3 is 2.26 bits per heavy atom. The maximum atomic E-state index is 12.6. The molecule has 1 saturated carbocycles. The van der Waals surface area contributed by atoms with Crippen LogP contribution in [-0.2, 0) is 11.2 Å². The monoisotopic (exact) mass is 367 g/mol. The minimum Gasteiger partial charge on any atom is -0.312 e. The summed E-state index contributed by atoms with van der Waals surface area (Å²) in [5.74, 6) is 0.337. The van der Waals surface area contributed by atoms with Crippen molar-refractivity contribution in [3.63, 3.8) is 0 Å². The highest BCUT2D eigenvalue weighted by Gasteiger charge is 2.33. The molecule has 0 unspecified atom stereocenters. The Bertz CT molecular complexity index is 711. The van der Waals surface area contributed by atoms with Gasteiger partial charge >= 0.3 is 0 Å². The first-order valence-corrected chi connectivity index (χ1v) is 8.69. The number of hydrogen-bond donors (Lipinski definition) is 0. The number of carbonyl (C=O) groups is 1. The largest absolute Gasteiger partial charge is 0.312 e. The van der Waals surface area contributed by atoms with E-state index in [9.17, 15) is 4.79 Å². The lowest BCUT2D eigenvalue weighted by Crippen LogP contribution is -2.34. The van der Waals surface area contributed by atoms with E-state index in [0.29, 0.717) is 28.0 Å². The van der Waals surface area contributed by atoms with Crippen molar-refractivity contribution in [1.82, 2.24) is 0 Å². The van der Waals surface area contributed by atoms with Gasteiger partial charge in [-0.25, -0.2) is 0 Å². The summed E-state index contributed by atoms with van der Waals surface area (Å²) in [6.45, 7) is 0.582. The number of rotatable bonds is 5. The molecular weight excluding hydrogens is 353 g/mol. The Morgan fingerprint density at radius 2 is 1.65 bits per heavy atom. The van der Waals surface area contributed by atoms with Gasteiger partial charge in [0.1, 0.15) is 0 Å². The van der Waals surface area contributed by atoms with Crippen molar-refractivity contribution in [2.24, 2.45) is 5.92 Å². The average Bonchev–Trinajstić information content (AvgIpc) is 3.35. The highest BCUT2D eigenvalue weighted by Crippen LogP contribution is 2.33. The molecule has 2 nitrogen and oxygen atoms in total. The van der Waals surface area contributed by atoms with Gasteiger partial charge in [-0.3, -0.25) is 4.79 Å². The number of anilines is 1. The van der Waals surface area contributed by atoms with Crippen molar-refractivity contribution in [2.75, 3.05) is 11.4 Å². The highest BCUT2D eigenvalue weighted by atomic mass is 35.5. The van der Waals surface area contributed by atoms with Crippen LogP contribution in [0.2, 0.25) is 15.1 Å². The Labute approximate surface area is 151 Å². The Kier molecular flexibility index (Phi) is 5.15. The fraction of sp³-hybridized carbons (Fsp3) is 0.278. The minimum atomic E-state index is 0.159. The maximum Gasteiger partial charge on any atom is 0.230 e. The molecule has 0 aliphatic heterocycles. The second-order valence-electron chi connectivity index (χ2n) is 5.73. The molecule has 1 fully saturated rings. The van der Waals surface area contributed by atoms with Gasteiger partial charge in [-0.15, -0.1) is 0 Å². The van der Waals surface area contributed by atoms with E-state index in [0.717, 1.165) is 24.1 Å². The molecule has 1 aliphatic rings. The normalized spacial score (nSPS) is 13.9. The zero-order valence-electron chi connectivity index (χ0n) is 12.4. The molecule has 0 saturated heterocycles. The molecule has 3 rings (SSSR count). The molecule has 2 aromatic rings. The molecule has 0 radical (unpaired) electrons. The van der Waals surface area contributed by atoms with Crippen molar-refractivity contribution >= 4 is 46.4 Å². The molecule has 0 aromatic heterocycles. The molecule has 1 amide bonds. The van der Waals surface area contributed by atoms with Crippen molar-refractivity contribution < 1.29 is 4.79 Å². The van der Waals surface area contributed by atoms with E-state index in [4.69, 9.17) is 34.8 Å². The summed E-state index contributed by atoms with van der Waals surface area (Å²) in [6, 6.07) is 12.8. The van der Waals surface area contributed by atoms with E-state index in [-0.39, 0.29) is 11.8 Å². The van der Waals surface area contributed by atoms with Gasteiger partial charge in [0.2, 0.25) is 5.91 Å². The van der Waals surface area contributed by atoms with Crippen LogP contribution in [0.25, 0.3) is 0 Å². The number of nitrogens with zero attached hydrogens (tertiary/aromatic N) is 1. The van der Waals surface area contributed by atoms with Gasteiger partial charge in [0, 0.05) is 33.2 Å². The lowest BCUT2D eigenvalue weighted by Gasteiger charge is -2.23. The van der Waals surface area contributed by atoms with Crippen LogP contribution in [0.4, 0.5) is 5.69 Å². The highest BCUT2D eigenvalue weighted by molar-refractivity contribution is 6.35. The van der Waals surface area contributed by atoms with Gasteiger partial charge in [0.25, 0.3) is 0 Å². The van der Waals surface area contributed by atoms with Gasteiger partial charge in [0.05, 0.1) is 0 Å². The van der Waals surface area contributed by atoms with Crippen LogP contribution < -0.4 is 4.90 Å². The predicted molar refractivity (Wildman–Crippen MR) is 96.7 cm³/mol. The SMILES string of the molecule is O=C(C1CC1)N(CCc1ccc(Cl)cc1Cl)c1ccc(Cl)cc1. The molecule has 0 spiro atoms. The lowest BCUT2D eigenvalue weighted by molar-refractivity contribution is -0.119. The van der Waals surface area contributed by atoms with Crippen molar-refractivity contribution in [2.45, 2.75) is 19.3 Å². The number of benzene rings is 2. The molecular formula is C18H16Cl3NO. The molecule has 5 heteroatoms. The van der Waals surface area contributed by atoms with Crippen molar-refractivity contribution in [3.8, 4) is 0 Å². The molecule has 120 valence electrons. The van der Waals surface area contributed by atoms with Crippen molar-refractivity contribution in [1.29, 1.82) is 0 Å². The minimum absolute atomic E-state index is 0.159. The van der Waals surface area contributed by atoms with E-state index in [1.54, 1.807) is 18.2 Å². The van der Waals surface area contributed by atoms with E-state index < -0.39 is 0 Å². The van der Waals surface area contributed by atoms with Crippen LogP contribution in [0.3, 0.4) is 0 Å². The van der Waals surface area contributed by atoms with E-state index in [2.05, 4.69) is 0 Å². The Balaban J connectivity index is 1.78. The quantitative estimate of drug-likeness (QED) is 0.669. The predicted octanol–water partition coefficient (Wildman–Crippen LogP) is 5.63. The lowest BCUT2D eigenvalue weighted by atomic mass is 10.1. The first kappa shape index (κ1) is 16.6. The molecule has 0 bridgehead atoms. The summed E-state index contributed by atoms with van der Waals surface area (Å²) in [5.41, 5.74) is 1.86. The second-order valence-corrected chi connectivity index (χ2v) is 7.01. The van der Waals surface area contributed by atoms with Crippen molar-refractivity contribution in [3.05, 3.63) is 63.1 Å². The summed E-state index contributed by atoms with van der Waals surface area (Å²) >= 11 is 18.1. The molecule has 1 aliphatic carbocycles. The zero-order chi connectivity index (χ0) is 16.4.